The lowest BCUT2D eigenvalue weighted by Gasteiger charge is -2.48. The molecular formula is C15H21Cl2N3. The van der Waals surface area contributed by atoms with Crippen molar-refractivity contribution in [3.63, 3.8) is 0 Å². The Hall–Kier alpha value is -0.510. The van der Waals surface area contributed by atoms with Crippen LogP contribution in [0.25, 0.3) is 0 Å². The SMILES string of the molecule is CC1CN2CCCCC2CN1c1cc(CCl)c(Cl)cn1. The van der Waals surface area contributed by atoms with Crippen molar-refractivity contribution >= 4 is 29.0 Å². The Morgan fingerprint density at radius 2 is 2.20 bits per heavy atom. The molecule has 110 valence electrons. The van der Waals surface area contributed by atoms with Gasteiger partial charge >= 0.3 is 0 Å². The normalized spacial score (nSPS) is 27.4. The molecule has 0 aromatic carbocycles. The van der Waals surface area contributed by atoms with Crippen molar-refractivity contribution in [2.45, 2.75) is 44.1 Å². The van der Waals surface area contributed by atoms with E-state index in [9.17, 15) is 0 Å². The Bertz CT molecular complexity index is 480. The molecule has 2 aliphatic rings. The van der Waals surface area contributed by atoms with Gasteiger partial charge in [-0.1, -0.05) is 18.0 Å². The van der Waals surface area contributed by atoms with Crippen molar-refractivity contribution in [2.75, 3.05) is 24.5 Å². The van der Waals surface area contributed by atoms with E-state index in [0.29, 0.717) is 23.0 Å². The van der Waals surface area contributed by atoms with Gasteiger partial charge in [-0.3, -0.25) is 4.90 Å². The van der Waals surface area contributed by atoms with Crippen molar-refractivity contribution in [1.82, 2.24) is 9.88 Å². The summed E-state index contributed by atoms with van der Waals surface area (Å²) in [6.45, 7) is 5.73. The quantitative estimate of drug-likeness (QED) is 0.779. The first-order valence-electron chi connectivity index (χ1n) is 7.40. The number of fused-ring (bicyclic) bond motifs is 1. The van der Waals surface area contributed by atoms with Gasteiger partial charge in [0.2, 0.25) is 0 Å². The van der Waals surface area contributed by atoms with E-state index >= 15 is 0 Å². The number of nitrogens with zero attached hydrogens (tertiary/aromatic N) is 3. The van der Waals surface area contributed by atoms with Gasteiger partial charge in [-0.15, -0.1) is 11.6 Å². The van der Waals surface area contributed by atoms with Gasteiger partial charge in [0.25, 0.3) is 0 Å². The summed E-state index contributed by atoms with van der Waals surface area (Å²) in [6.07, 6.45) is 5.73. The molecule has 2 unspecified atom stereocenters. The molecule has 0 saturated carbocycles. The maximum Gasteiger partial charge on any atom is 0.129 e. The van der Waals surface area contributed by atoms with E-state index in [4.69, 9.17) is 23.2 Å². The highest BCUT2D eigenvalue weighted by Crippen LogP contribution is 2.29. The monoisotopic (exact) mass is 313 g/mol. The lowest BCUT2D eigenvalue weighted by atomic mass is 9.97. The van der Waals surface area contributed by atoms with Gasteiger partial charge < -0.3 is 4.90 Å². The molecule has 0 N–H and O–H groups in total. The maximum absolute atomic E-state index is 6.11. The number of pyridine rings is 1. The smallest absolute Gasteiger partial charge is 0.129 e. The lowest BCUT2D eigenvalue weighted by Crippen LogP contribution is -2.59. The number of rotatable bonds is 2. The zero-order valence-corrected chi connectivity index (χ0v) is 13.4. The van der Waals surface area contributed by atoms with Crippen LogP contribution in [0.15, 0.2) is 12.3 Å². The topological polar surface area (TPSA) is 19.4 Å². The number of anilines is 1. The van der Waals surface area contributed by atoms with E-state index in [1.54, 1.807) is 6.20 Å². The zero-order valence-electron chi connectivity index (χ0n) is 11.9. The minimum Gasteiger partial charge on any atom is -0.351 e. The van der Waals surface area contributed by atoms with Gasteiger partial charge in [0.05, 0.1) is 5.02 Å². The molecule has 5 heteroatoms. The van der Waals surface area contributed by atoms with Gasteiger partial charge in [-0.05, 0) is 37.9 Å². The molecule has 2 aliphatic heterocycles. The highest BCUT2D eigenvalue weighted by atomic mass is 35.5. The molecular weight excluding hydrogens is 293 g/mol. The second-order valence-corrected chi connectivity index (χ2v) is 6.59. The van der Waals surface area contributed by atoms with Crippen LogP contribution in [0, 0.1) is 0 Å². The Balaban J connectivity index is 1.82. The molecule has 2 saturated heterocycles. The van der Waals surface area contributed by atoms with E-state index in [1.165, 1.54) is 25.8 Å². The number of hydrogen-bond acceptors (Lipinski definition) is 3. The Labute approximate surface area is 130 Å². The van der Waals surface area contributed by atoms with Crippen LogP contribution in [0.2, 0.25) is 5.02 Å². The molecule has 0 amide bonds. The van der Waals surface area contributed by atoms with Crippen LogP contribution in [0.1, 0.15) is 31.7 Å². The first kappa shape index (κ1) is 14.4. The van der Waals surface area contributed by atoms with Crippen molar-refractivity contribution in [1.29, 1.82) is 0 Å². The highest BCUT2D eigenvalue weighted by Gasteiger charge is 2.33. The Kier molecular flexibility index (Phi) is 4.39. The Morgan fingerprint density at radius 3 is 3.00 bits per heavy atom. The van der Waals surface area contributed by atoms with E-state index in [0.717, 1.165) is 24.5 Å². The summed E-state index contributed by atoms with van der Waals surface area (Å²) in [6, 6.07) is 3.21. The molecule has 0 radical (unpaired) electrons. The molecule has 3 rings (SSSR count). The molecule has 1 aromatic rings. The second kappa shape index (κ2) is 6.08. The zero-order chi connectivity index (χ0) is 14.1. The maximum atomic E-state index is 6.11. The van der Waals surface area contributed by atoms with Crippen LogP contribution >= 0.6 is 23.2 Å². The third-order valence-electron chi connectivity index (χ3n) is 4.55. The third kappa shape index (κ3) is 2.76. The molecule has 0 spiro atoms. The first-order chi connectivity index (χ1) is 9.69. The van der Waals surface area contributed by atoms with E-state index in [1.807, 2.05) is 6.07 Å². The summed E-state index contributed by atoms with van der Waals surface area (Å²) in [5.74, 6) is 1.45. The molecule has 3 nitrogen and oxygen atoms in total. The van der Waals surface area contributed by atoms with Gasteiger partial charge in [0, 0.05) is 37.3 Å². The predicted octanol–water partition coefficient (Wildman–Crippen LogP) is 3.54. The van der Waals surface area contributed by atoms with Gasteiger partial charge in [0.1, 0.15) is 5.82 Å². The van der Waals surface area contributed by atoms with Crippen LogP contribution in [0.5, 0.6) is 0 Å². The number of piperidine rings is 1. The summed E-state index contributed by atoms with van der Waals surface area (Å²) < 4.78 is 0. The van der Waals surface area contributed by atoms with Crippen LogP contribution in [-0.2, 0) is 5.88 Å². The predicted molar refractivity (Wildman–Crippen MR) is 84.8 cm³/mol. The fraction of sp³-hybridized carbons (Fsp3) is 0.667. The van der Waals surface area contributed by atoms with Crippen molar-refractivity contribution < 1.29 is 0 Å². The average Bonchev–Trinajstić information content (AvgIpc) is 2.47. The summed E-state index contributed by atoms with van der Waals surface area (Å²) in [5, 5.41) is 0.660. The van der Waals surface area contributed by atoms with Gasteiger partial charge in [-0.25, -0.2) is 4.98 Å². The largest absolute Gasteiger partial charge is 0.351 e. The number of halogens is 2. The molecule has 2 fully saturated rings. The van der Waals surface area contributed by atoms with Crippen LogP contribution < -0.4 is 4.90 Å². The molecule has 20 heavy (non-hydrogen) atoms. The average molecular weight is 314 g/mol. The standard InChI is InChI=1S/C15H21Cl2N3/c1-11-9-19-5-3-2-4-13(19)10-20(11)15-6-12(7-16)14(17)8-18-15/h6,8,11,13H,2-5,7,9-10H2,1H3. The second-order valence-electron chi connectivity index (χ2n) is 5.91. The van der Waals surface area contributed by atoms with Crippen molar-refractivity contribution in [2.24, 2.45) is 0 Å². The van der Waals surface area contributed by atoms with Crippen LogP contribution in [0.4, 0.5) is 5.82 Å². The summed E-state index contributed by atoms with van der Waals surface area (Å²) in [4.78, 5) is 9.57. The highest BCUT2D eigenvalue weighted by molar-refractivity contribution is 6.32. The van der Waals surface area contributed by atoms with Crippen molar-refractivity contribution in [3.8, 4) is 0 Å². The van der Waals surface area contributed by atoms with Gasteiger partial charge in [-0.2, -0.15) is 0 Å². The van der Waals surface area contributed by atoms with Gasteiger partial charge in [0.15, 0.2) is 0 Å². The molecule has 1 aromatic heterocycles. The summed E-state index contributed by atoms with van der Waals surface area (Å²) in [5.41, 5.74) is 0.969. The fourth-order valence-corrected chi connectivity index (χ4v) is 3.86. The Morgan fingerprint density at radius 1 is 1.35 bits per heavy atom. The first-order valence-corrected chi connectivity index (χ1v) is 8.31. The minimum atomic E-state index is 0.437. The number of alkyl halides is 1. The molecule has 0 aliphatic carbocycles. The van der Waals surface area contributed by atoms with E-state index < -0.39 is 0 Å². The molecule has 0 bridgehead atoms. The third-order valence-corrected chi connectivity index (χ3v) is 5.17. The number of piperazine rings is 1. The summed E-state index contributed by atoms with van der Waals surface area (Å²) >= 11 is 12.1. The minimum absolute atomic E-state index is 0.437. The molecule has 2 atom stereocenters. The number of aromatic nitrogens is 1. The van der Waals surface area contributed by atoms with Crippen molar-refractivity contribution in [3.05, 3.63) is 22.8 Å². The van der Waals surface area contributed by atoms with E-state index in [2.05, 4.69) is 21.7 Å². The van der Waals surface area contributed by atoms with E-state index in [-0.39, 0.29) is 0 Å². The van der Waals surface area contributed by atoms with Crippen LogP contribution in [-0.4, -0.2) is 41.6 Å². The summed E-state index contributed by atoms with van der Waals surface area (Å²) in [7, 11) is 0. The molecule has 3 heterocycles. The van der Waals surface area contributed by atoms with Crippen LogP contribution in [0.3, 0.4) is 0 Å². The fourth-order valence-electron chi connectivity index (χ4n) is 3.40. The lowest BCUT2D eigenvalue weighted by molar-refractivity contribution is 0.115. The number of hydrogen-bond donors (Lipinski definition) is 0.